The zero-order valence-electron chi connectivity index (χ0n) is 13.3. The number of aldehydes is 1. The Morgan fingerprint density at radius 3 is 2.00 bits per heavy atom. The van der Waals surface area contributed by atoms with Gasteiger partial charge in [0.1, 0.15) is 12.0 Å². The Hall–Kier alpha value is -1.31. The maximum atomic E-state index is 9.50. The van der Waals surface area contributed by atoms with Crippen LogP contribution in [0.15, 0.2) is 24.3 Å². The van der Waals surface area contributed by atoms with Gasteiger partial charge in [-0.2, -0.15) is 0 Å². The van der Waals surface area contributed by atoms with E-state index in [2.05, 4.69) is 6.92 Å². The van der Waals surface area contributed by atoms with Crippen LogP contribution < -0.4 is 0 Å². The van der Waals surface area contributed by atoms with E-state index >= 15 is 0 Å². The summed E-state index contributed by atoms with van der Waals surface area (Å²) < 4.78 is 0. The van der Waals surface area contributed by atoms with E-state index in [1.807, 2.05) is 26.0 Å². The van der Waals surface area contributed by atoms with E-state index in [9.17, 15) is 4.79 Å². The van der Waals surface area contributed by atoms with Crippen molar-refractivity contribution < 1.29 is 9.90 Å². The number of carbonyl (C=O) groups excluding carboxylic acids is 1. The lowest BCUT2D eigenvalue weighted by atomic mass is 10.1. The summed E-state index contributed by atoms with van der Waals surface area (Å²) in [6.45, 7) is 5.95. The summed E-state index contributed by atoms with van der Waals surface area (Å²) >= 11 is 0. The molecular formula is C18H30O2. The Bertz CT molecular complexity index is 328. The highest BCUT2D eigenvalue weighted by Gasteiger charge is 1.94. The Balaban J connectivity index is 0.000000621. The van der Waals surface area contributed by atoms with E-state index in [-0.39, 0.29) is 5.92 Å². The van der Waals surface area contributed by atoms with Gasteiger partial charge in [0.2, 0.25) is 0 Å². The summed E-state index contributed by atoms with van der Waals surface area (Å²) in [7, 11) is 0. The lowest BCUT2D eigenvalue weighted by molar-refractivity contribution is -0.110. The molecule has 0 amide bonds. The smallest absolute Gasteiger partial charge is 0.122 e. The summed E-state index contributed by atoms with van der Waals surface area (Å²) in [5.74, 6) is 0.566. The van der Waals surface area contributed by atoms with E-state index in [1.165, 1.54) is 44.1 Å². The van der Waals surface area contributed by atoms with Crippen molar-refractivity contribution in [1.82, 2.24) is 0 Å². The molecule has 2 heteroatoms. The minimum atomic E-state index is 0.204. The summed E-state index contributed by atoms with van der Waals surface area (Å²) in [5.41, 5.74) is 1.34. The first-order valence-corrected chi connectivity index (χ1v) is 7.83. The highest BCUT2D eigenvalue weighted by Crippen LogP contribution is 2.13. The summed E-state index contributed by atoms with van der Waals surface area (Å²) in [5, 5.41) is 9.13. The molecule has 1 N–H and O–H groups in total. The maximum absolute atomic E-state index is 9.50. The van der Waals surface area contributed by atoms with E-state index in [0.717, 1.165) is 12.7 Å². The number of unbranched alkanes of at least 4 members (excludes halogenated alkanes) is 5. The fourth-order valence-corrected chi connectivity index (χ4v) is 1.77. The van der Waals surface area contributed by atoms with E-state index < -0.39 is 0 Å². The molecule has 1 aromatic rings. The van der Waals surface area contributed by atoms with Crippen molar-refractivity contribution in [1.29, 1.82) is 0 Å². The molecule has 1 rings (SSSR count). The Morgan fingerprint density at radius 2 is 1.50 bits per heavy atom. The zero-order valence-corrected chi connectivity index (χ0v) is 13.3. The van der Waals surface area contributed by atoms with E-state index in [1.54, 1.807) is 12.1 Å². The van der Waals surface area contributed by atoms with Crippen LogP contribution in [0.5, 0.6) is 5.75 Å². The largest absolute Gasteiger partial charge is 0.508 e. The second-order valence-electron chi connectivity index (χ2n) is 5.56. The average molecular weight is 278 g/mol. The van der Waals surface area contributed by atoms with E-state index in [4.69, 9.17) is 5.11 Å². The quantitative estimate of drug-likeness (QED) is 0.528. The predicted molar refractivity (Wildman–Crippen MR) is 86.1 cm³/mol. The van der Waals surface area contributed by atoms with E-state index in [0.29, 0.717) is 5.75 Å². The Morgan fingerprint density at radius 1 is 1.00 bits per heavy atom. The molecule has 0 aliphatic heterocycles. The second kappa shape index (κ2) is 12.7. The van der Waals surface area contributed by atoms with Gasteiger partial charge in [-0.15, -0.1) is 0 Å². The molecule has 0 atom stereocenters. The van der Waals surface area contributed by atoms with Crippen molar-refractivity contribution in [3.8, 4) is 5.75 Å². The van der Waals surface area contributed by atoms with Crippen LogP contribution in [0.1, 0.15) is 64.9 Å². The van der Waals surface area contributed by atoms with Crippen molar-refractivity contribution in [3.63, 3.8) is 0 Å². The monoisotopic (exact) mass is 278 g/mol. The van der Waals surface area contributed by atoms with Crippen molar-refractivity contribution in [2.24, 2.45) is 5.92 Å². The van der Waals surface area contributed by atoms with Gasteiger partial charge in [0.25, 0.3) is 0 Å². The minimum Gasteiger partial charge on any atom is -0.508 e. The fraction of sp³-hybridized carbons (Fsp3) is 0.611. The van der Waals surface area contributed by atoms with Crippen LogP contribution in [0.2, 0.25) is 0 Å². The molecule has 0 aliphatic rings. The Kier molecular flexibility index (Phi) is 11.9. The molecule has 0 radical (unpaired) electrons. The summed E-state index contributed by atoms with van der Waals surface area (Å²) in [6, 6.07) is 7.57. The molecule has 0 aromatic heterocycles. The Labute approximate surface area is 124 Å². The van der Waals surface area contributed by atoms with Gasteiger partial charge in [-0.3, -0.25) is 0 Å². The number of aromatic hydroxyl groups is 1. The van der Waals surface area contributed by atoms with Crippen LogP contribution in [-0.4, -0.2) is 11.4 Å². The van der Waals surface area contributed by atoms with Crippen LogP contribution >= 0.6 is 0 Å². The predicted octanol–water partition coefficient (Wildman–Crippen LogP) is 5.14. The topological polar surface area (TPSA) is 37.3 Å². The van der Waals surface area contributed by atoms with Gasteiger partial charge in [0, 0.05) is 5.92 Å². The highest BCUT2D eigenvalue weighted by atomic mass is 16.3. The third-order valence-corrected chi connectivity index (χ3v) is 3.03. The number of hydrogen-bond acceptors (Lipinski definition) is 2. The molecule has 1 aromatic carbocycles. The van der Waals surface area contributed by atoms with Crippen molar-refractivity contribution in [2.45, 2.75) is 65.7 Å². The molecule has 0 unspecified atom stereocenters. The number of phenols is 1. The standard InChI is InChI=1S/C14H22O.C4H8O/c1-2-3-4-5-6-7-8-13-9-11-14(15)12-10-13;1-4(2)3-5/h9-12,15H,2-8H2,1H3;3-4H,1-2H3. The van der Waals surface area contributed by atoms with Crippen LogP contribution in [0.4, 0.5) is 0 Å². The zero-order chi connectivity index (χ0) is 15.2. The first-order valence-electron chi connectivity index (χ1n) is 7.83. The SMILES string of the molecule is CC(C)C=O.CCCCCCCCc1ccc(O)cc1. The lowest BCUT2D eigenvalue weighted by Crippen LogP contribution is -1.85. The molecule has 0 spiro atoms. The molecule has 0 fully saturated rings. The molecule has 20 heavy (non-hydrogen) atoms. The summed E-state index contributed by atoms with van der Waals surface area (Å²) in [6.07, 6.45) is 10.1. The third kappa shape index (κ3) is 11.8. The molecule has 0 saturated carbocycles. The lowest BCUT2D eigenvalue weighted by Gasteiger charge is -2.02. The first kappa shape index (κ1) is 18.7. The number of rotatable bonds is 8. The van der Waals surface area contributed by atoms with Gasteiger partial charge >= 0.3 is 0 Å². The van der Waals surface area contributed by atoms with Crippen molar-refractivity contribution >= 4 is 6.29 Å². The number of benzene rings is 1. The van der Waals surface area contributed by atoms with Gasteiger partial charge in [-0.05, 0) is 30.5 Å². The second-order valence-corrected chi connectivity index (χ2v) is 5.56. The van der Waals surface area contributed by atoms with Crippen LogP contribution in [-0.2, 0) is 11.2 Å². The average Bonchev–Trinajstić information content (AvgIpc) is 2.45. The summed E-state index contributed by atoms with van der Waals surface area (Å²) in [4.78, 5) is 9.50. The minimum absolute atomic E-state index is 0.204. The molecule has 2 nitrogen and oxygen atoms in total. The van der Waals surface area contributed by atoms with Gasteiger partial charge in [-0.25, -0.2) is 0 Å². The third-order valence-electron chi connectivity index (χ3n) is 3.03. The fourth-order valence-electron chi connectivity index (χ4n) is 1.77. The molecule has 0 bridgehead atoms. The number of phenolic OH excluding ortho intramolecular Hbond substituents is 1. The van der Waals surface area contributed by atoms with Gasteiger partial charge in [-0.1, -0.05) is 65.0 Å². The van der Waals surface area contributed by atoms with Gasteiger partial charge < -0.3 is 9.90 Å². The first-order chi connectivity index (χ1) is 9.60. The van der Waals surface area contributed by atoms with Crippen molar-refractivity contribution in [3.05, 3.63) is 29.8 Å². The van der Waals surface area contributed by atoms with Crippen LogP contribution in [0.25, 0.3) is 0 Å². The molecule has 0 aliphatic carbocycles. The van der Waals surface area contributed by atoms with Gasteiger partial charge in [0.15, 0.2) is 0 Å². The number of carbonyl (C=O) groups is 1. The van der Waals surface area contributed by atoms with Crippen LogP contribution in [0.3, 0.4) is 0 Å². The number of aryl methyl sites for hydroxylation is 1. The molecule has 0 heterocycles. The normalized spacial score (nSPS) is 10.0. The van der Waals surface area contributed by atoms with Crippen LogP contribution in [0, 0.1) is 5.92 Å². The molecule has 0 saturated heterocycles. The molecular weight excluding hydrogens is 248 g/mol. The van der Waals surface area contributed by atoms with Crippen molar-refractivity contribution in [2.75, 3.05) is 0 Å². The molecule has 114 valence electrons. The number of hydrogen-bond donors (Lipinski definition) is 1. The van der Waals surface area contributed by atoms with Gasteiger partial charge in [0.05, 0.1) is 0 Å². The maximum Gasteiger partial charge on any atom is 0.122 e. The highest BCUT2D eigenvalue weighted by molar-refractivity contribution is 5.51.